The summed E-state index contributed by atoms with van der Waals surface area (Å²) in [6.45, 7) is 13.2. The smallest absolute Gasteiger partial charge is 0.00893 e. The maximum atomic E-state index is 2.27. The van der Waals surface area contributed by atoms with Crippen molar-refractivity contribution in [3.05, 3.63) is 24.3 Å². The first kappa shape index (κ1) is 11.5. The van der Waals surface area contributed by atoms with Gasteiger partial charge in [-0.1, -0.05) is 52.0 Å². The lowest BCUT2D eigenvalue weighted by Crippen LogP contribution is -2.28. The van der Waals surface area contributed by atoms with E-state index in [1.807, 2.05) is 0 Å². The van der Waals surface area contributed by atoms with Crippen molar-refractivity contribution < 1.29 is 0 Å². The Morgan fingerprint density at radius 1 is 0.667 bits per heavy atom. The molecule has 0 bridgehead atoms. The highest BCUT2D eigenvalue weighted by atomic mass is 14.4. The van der Waals surface area contributed by atoms with Crippen molar-refractivity contribution in [3.8, 4) is 0 Å². The molecule has 12 heavy (non-hydrogen) atoms. The van der Waals surface area contributed by atoms with Gasteiger partial charge >= 0.3 is 0 Å². The molecule has 0 radical (unpaired) electrons. The van der Waals surface area contributed by atoms with Crippen LogP contribution in [-0.4, -0.2) is 0 Å². The maximum Gasteiger partial charge on any atom is -0.00893 e. The summed E-state index contributed by atoms with van der Waals surface area (Å²) >= 11 is 0. The largest absolute Gasteiger partial charge is 0.0911 e. The Kier molecular flexibility index (Phi) is 3.76. The van der Waals surface area contributed by atoms with Gasteiger partial charge in [0.1, 0.15) is 0 Å². The van der Waals surface area contributed by atoms with Crippen molar-refractivity contribution in [2.75, 3.05) is 0 Å². The second-order valence-corrected chi connectivity index (χ2v) is 4.44. The molecule has 0 fully saturated rings. The van der Waals surface area contributed by atoms with Gasteiger partial charge in [-0.15, -0.1) is 0 Å². The fourth-order valence-electron chi connectivity index (χ4n) is 1.26. The zero-order valence-corrected chi connectivity index (χ0v) is 9.31. The van der Waals surface area contributed by atoms with Crippen LogP contribution in [0.25, 0.3) is 0 Å². The third kappa shape index (κ3) is 2.51. The SMILES string of the molecule is CC=CC(C)(C)C(C)(C)C=CC. The van der Waals surface area contributed by atoms with Crippen LogP contribution in [0.5, 0.6) is 0 Å². The molecule has 0 nitrogen and oxygen atoms in total. The van der Waals surface area contributed by atoms with Gasteiger partial charge in [-0.25, -0.2) is 0 Å². The third-order valence-corrected chi connectivity index (χ3v) is 2.83. The van der Waals surface area contributed by atoms with E-state index in [4.69, 9.17) is 0 Å². The molecule has 0 aliphatic rings. The molecule has 0 aliphatic heterocycles. The van der Waals surface area contributed by atoms with Gasteiger partial charge in [0.25, 0.3) is 0 Å². The second kappa shape index (κ2) is 3.93. The Morgan fingerprint density at radius 3 is 1.08 bits per heavy atom. The van der Waals surface area contributed by atoms with E-state index in [1.165, 1.54) is 0 Å². The average Bonchev–Trinajstić information content (AvgIpc) is 1.86. The van der Waals surface area contributed by atoms with Crippen LogP contribution in [0.15, 0.2) is 24.3 Å². The van der Waals surface area contributed by atoms with E-state index in [0.29, 0.717) is 0 Å². The van der Waals surface area contributed by atoms with E-state index in [9.17, 15) is 0 Å². The molecule has 0 aromatic rings. The third-order valence-electron chi connectivity index (χ3n) is 2.83. The molecule has 0 amide bonds. The van der Waals surface area contributed by atoms with Crippen molar-refractivity contribution in [2.24, 2.45) is 10.8 Å². The second-order valence-electron chi connectivity index (χ2n) is 4.44. The van der Waals surface area contributed by atoms with Crippen LogP contribution in [0.4, 0.5) is 0 Å². The van der Waals surface area contributed by atoms with Crippen LogP contribution < -0.4 is 0 Å². The van der Waals surface area contributed by atoms with Gasteiger partial charge in [-0.2, -0.15) is 0 Å². The van der Waals surface area contributed by atoms with Crippen molar-refractivity contribution in [1.29, 1.82) is 0 Å². The minimum atomic E-state index is 0.230. The summed E-state index contributed by atoms with van der Waals surface area (Å²) in [5.74, 6) is 0. The molecule has 70 valence electrons. The molecule has 0 rings (SSSR count). The monoisotopic (exact) mass is 166 g/mol. The molecule has 0 spiro atoms. The molecule has 0 saturated heterocycles. The molecule has 0 unspecified atom stereocenters. The summed E-state index contributed by atoms with van der Waals surface area (Å²) in [6.07, 6.45) is 8.80. The Morgan fingerprint density at radius 2 is 0.917 bits per heavy atom. The van der Waals surface area contributed by atoms with Gasteiger partial charge < -0.3 is 0 Å². The molecule has 0 aliphatic carbocycles. The predicted octanol–water partition coefficient (Wildman–Crippen LogP) is 4.19. The molecular formula is C12H22. The summed E-state index contributed by atoms with van der Waals surface area (Å²) < 4.78 is 0. The Bertz CT molecular complexity index is 158. The van der Waals surface area contributed by atoms with Crippen molar-refractivity contribution in [3.63, 3.8) is 0 Å². The van der Waals surface area contributed by atoms with Crippen LogP contribution >= 0.6 is 0 Å². The van der Waals surface area contributed by atoms with Crippen LogP contribution in [0.2, 0.25) is 0 Å². The van der Waals surface area contributed by atoms with Crippen molar-refractivity contribution in [1.82, 2.24) is 0 Å². The quantitative estimate of drug-likeness (QED) is 0.551. The van der Waals surface area contributed by atoms with Gasteiger partial charge in [-0.3, -0.25) is 0 Å². The zero-order chi connectivity index (χ0) is 9.83. The molecule has 0 heteroatoms. The van der Waals surface area contributed by atoms with E-state index in [1.54, 1.807) is 0 Å². The first-order chi connectivity index (χ1) is 5.37. The molecule has 0 saturated carbocycles. The van der Waals surface area contributed by atoms with Crippen LogP contribution in [-0.2, 0) is 0 Å². The van der Waals surface area contributed by atoms with E-state index in [0.717, 1.165) is 0 Å². The summed E-state index contributed by atoms with van der Waals surface area (Å²) in [5.41, 5.74) is 0.461. The highest BCUT2D eigenvalue weighted by molar-refractivity contribution is 5.09. The van der Waals surface area contributed by atoms with Crippen LogP contribution in [0, 0.1) is 10.8 Å². The van der Waals surface area contributed by atoms with Crippen LogP contribution in [0.1, 0.15) is 41.5 Å². The minimum absolute atomic E-state index is 0.230. The van der Waals surface area contributed by atoms with E-state index < -0.39 is 0 Å². The van der Waals surface area contributed by atoms with Gasteiger partial charge in [0.05, 0.1) is 0 Å². The molecule has 0 heterocycles. The summed E-state index contributed by atoms with van der Waals surface area (Å²) in [5, 5.41) is 0. The van der Waals surface area contributed by atoms with Crippen molar-refractivity contribution >= 4 is 0 Å². The predicted molar refractivity (Wildman–Crippen MR) is 57.2 cm³/mol. The molecular weight excluding hydrogens is 144 g/mol. The Hall–Kier alpha value is -0.520. The van der Waals surface area contributed by atoms with Gasteiger partial charge in [-0.05, 0) is 24.7 Å². The molecule has 0 atom stereocenters. The topological polar surface area (TPSA) is 0 Å². The van der Waals surface area contributed by atoms with E-state index >= 15 is 0 Å². The number of rotatable bonds is 3. The zero-order valence-electron chi connectivity index (χ0n) is 9.31. The fraction of sp³-hybridized carbons (Fsp3) is 0.667. The molecule has 0 aromatic carbocycles. The lowest BCUT2D eigenvalue weighted by molar-refractivity contribution is 0.232. The van der Waals surface area contributed by atoms with Crippen LogP contribution in [0.3, 0.4) is 0 Å². The highest BCUT2D eigenvalue weighted by Crippen LogP contribution is 2.40. The Labute approximate surface area is 77.4 Å². The highest BCUT2D eigenvalue weighted by Gasteiger charge is 2.31. The normalized spacial score (nSPS) is 14.8. The van der Waals surface area contributed by atoms with E-state index in [2.05, 4.69) is 65.8 Å². The number of allylic oxidation sites excluding steroid dienone is 4. The summed E-state index contributed by atoms with van der Waals surface area (Å²) in [7, 11) is 0. The standard InChI is InChI=1S/C12H22/c1-7-9-11(3,4)12(5,6)10-8-2/h7-10H,1-6H3. The lowest BCUT2D eigenvalue weighted by Gasteiger charge is -2.37. The number of hydrogen-bond acceptors (Lipinski definition) is 0. The van der Waals surface area contributed by atoms with Crippen molar-refractivity contribution in [2.45, 2.75) is 41.5 Å². The summed E-state index contributed by atoms with van der Waals surface area (Å²) in [4.78, 5) is 0. The summed E-state index contributed by atoms with van der Waals surface area (Å²) in [6, 6.07) is 0. The lowest BCUT2D eigenvalue weighted by atomic mass is 9.67. The average molecular weight is 166 g/mol. The first-order valence-electron chi connectivity index (χ1n) is 4.65. The van der Waals surface area contributed by atoms with Gasteiger partial charge in [0.2, 0.25) is 0 Å². The Balaban J connectivity index is 4.73. The van der Waals surface area contributed by atoms with E-state index in [-0.39, 0.29) is 10.8 Å². The maximum absolute atomic E-state index is 2.27. The first-order valence-corrected chi connectivity index (χ1v) is 4.65. The number of hydrogen-bond donors (Lipinski definition) is 0. The van der Waals surface area contributed by atoms with Gasteiger partial charge in [0, 0.05) is 0 Å². The molecule has 0 N–H and O–H groups in total. The minimum Gasteiger partial charge on any atom is -0.0911 e. The van der Waals surface area contributed by atoms with Gasteiger partial charge in [0.15, 0.2) is 0 Å². The fourth-order valence-corrected chi connectivity index (χ4v) is 1.26. The molecule has 0 aromatic heterocycles.